The van der Waals surface area contributed by atoms with Crippen molar-refractivity contribution in [1.29, 1.82) is 0 Å². The quantitative estimate of drug-likeness (QED) is 0.816. The molecule has 1 aliphatic heterocycles. The SMILES string of the molecule is CN(CCc1ccc2c(c1)CCO2)C(=O)S. The third-order valence-corrected chi connectivity index (χ3v) is 3.16. The fourth-order valence-corrected chi connectivity index (χ4v) is 1.89. The number of carbonyl (C=O) groups excluding carboxylic acids is 1. The maximum absolute atomic E-state index is 10.9. The molecule has 1 aromatic rings. The first-order valence-corrected chi connectivity index (χ1v) is 5.80. The Hall–Kier alpha value is -1.16. The number of amides is 1. The van der Waals surface area contributed by atoms with Crippen LogP contribution in [0.5, 0.6) is 5.75 Å². The summed E-state index contributed by atoms with van der Waals surface area (Å²) < 4.78 is 5.44. The molecule has 0 aromatic heterocycles. The fraction of sp³-hybridized carbons (Fsp3) is 0.417. The summed E-state index contributed by atoms with van der Waals surface area (Å²) in [6, 6.07) is 6.24. The maximum Gasteiger partial charge on any atom is 0.278 e. The van der Waals surface area contributed by atoms with Gasteiger partial charge in [-0.05, 0) is 23.6 Å². The third kappa shape index (κ3) is 2.50. The lowest BCUT2D eigenvalue weighted by Gasteiger charge is -2.13. The number of likely N-dealkylation sites (N-methyl/N-ethyl adjacent to an activating group) is 1. The van der Waals surface area contributed by atoms with E-state index in [1.54, 1.807) is 11.9 Å². The summed E-state index contributed by atoms with van der Waals surface area (Å²) in [6.07, 6.45) is 1.85. The molecule has 0 saturated heterocycles. The van der Waals surface area contributed by atoms with Crippen LogP contribution in [0.3, 0.4) is 0 Å². The van der Waals surface area contributed by atoms with Crippen LogP contribution in [0.4, 0.5) is 4.79 Å². The Kier molecular flexibility index (Phi) is 3.39. The van der Waals surface area contributed by atoms with Crippen molar-refractivity contribution < 1.29 is 9.53 Å². The molecule has 0 bridgehead atoms. The molecular weight excluding hydrogens is 222 g/mol. The lowest BCUT2D eigenvalue weighted by molar-refractivity contribution is 0.234. The maximum atomic E-state index is 10.9. The highest BCUT2D eigenvalue weighted by atomic mass is 32.1. The minimum absolute atomic E-state index is 0.190. The number of ether oxygens (including phenoxy) is 1. The highest BCUT2D eigenvalue weighted by Gasteiger charge is 2.12. The summed E-state index contributed by atoms with van der Waals surface area (Å²) in [6.45, 7) is 1.48. The smallest absolute Gasteiger partial charge is 0.278 e. The molecule has 0 saturated carbocycles. The van der Waals surface area contributed by atoms with Gasteiger partial charge in [0.05, 0.1) is 6.61 Å². The van der Waals surface area contributed by atoms with E-state index in [4.69, 9.17) is 4.74 Å². The normalized spacial score (nSPS) is 13.1. The predicted molar refractivity (Wildman–Crippen MR) is 66.4 cm³/mol. The largest absolute Gasteiger partial charge is 0.493 e. The van der Waals surface area contributed by atoms with Gasteiger partial charge in [-0.25, -0.2) is 0 Å². The van der Waals surface area contributed by atoms with Crippen LogP contribution in [-0.2, 0) is 12.8 Å². The second-order valence-electron chi connectivity index (χ2n) is 3.99. The molecule has 16 heavy (non-hydrogen) atoms. The van der Waals surface area contributed by atoms with Gasteiger partial charge in [-0.3, -0.25) is 4.79 Å². The van der Waals surface area contributed by atoms with E-state index in [0.717, 1.165) is 25.2 Å². The van der Waals surface area contributed by atoms with E-state index in [2.05, 4.69) is 24.8 Å². The number of benzene rings is 1. The van der Waals surface area contributed by atoms with Crippen LogP contribution in [0.25, 0.3) is 0 Å². The molecule has 1 heterocycles. The molecule has 1 amide bonds. The van der Waals surface area contributed by atoms with Gasteiger partial charge in [0, 0.05) is 20.0 Å². The number of nitrogens with zero attached hydrogens (tertiary/aromatic N) is 1. The first kappa shape index (κ1) is 11.3. The van der Waals surface area contributed by atoms with Gasteiger partial charge in [0.2, 0.25) is 0 Å². The topological polar surface area (TPSA) is 29.5 Å². The first-order chi connectivity index (χ1) is 7.66. The average Bonchev–Trinajstić information content (AvgIpc) is 2.72. The predicted octanol–water partition coefficient (Wildman–Crippen LogP) is 2.15. The molecule has 0 unspecified atom stereocenters. The number of hydrogen-bond donors (Lipinski definition) is 1. The van der Waals surface area contributed by atoms with Crippen molar-refractivity contribution in [3.8, 4) is 5.75 Å². The van der Waals surface area contributed by atoms with E-state index in [1.165, 1.54) is 11.1 Å². The number of thiol groups is 1. The van der Waals surface area contributed by atoms with Crippen LogP contribution in [-0.4, -0.2) is 30.3 Å². The van der Waals surface area contributed by atoms with E-state index in [1.807, 2.05) is 6.07 Å². The standard InChI is InChI=1S/C12H15NO2S/c1-13(12(14)16)6-4-9-2-3-11-10(8-9)5-7-15-11/h2-3,8H,4-7H2,1H3,(H,14,16). The van der Waals surface area contributed by atoms with E-state index >= 15 is 0 Å². The molecule has 1 aliphatic rings. The van der Waals surface area contributed by atoms with Crippen molar-refractivity contribution in [2.75, 3.05) is 20.2 Å². The summed E-state index contributed by atoms with van der Waals surface area (Å²) in [5, 5.41) is -0.190. The van der Waals surface area contributed by atoms with Gasteiger partial charge in [0.25, 0.3) is 5.24 Å². The van der Waals surface area contributed by atoms with Crippen LogP contribution in [0, 0.1) is 0 Å². The first-order valence-electron chi connectivity index (χ1n) is 5.35. The monoisotopic (exact) mass is 237 g/mol. The Morgan fingerprint density at radius 2 is 2.38 bits per heavy atom. The van der Waals surface area contributed by atoms with Crippen LogP contribution < -0.4 is 4.74 Å². The van der Waals surface area contributed by atoms with Crippen molar-refractivity contribution in [3.05, 3.63) is 29.3 Å². The Morgan fingerprint density at radius 1 is 1.56 bits per heavy atom. The number of rotatable bonds is 3. The average molecular weight is 237 g/mol. The molecule has 0 N–H and O–H groups in total. The van der Waals surface area contributed by atoms with Crippen LogP contribution in [0.2, 0.25) is 0 Å². The molecule has 0 atom stereocenters. The van der Waals surface area contributed by atoms with Crippen LogP contribution in [0.15, 0.2) is 18.2 Å². The van der Waals surface area contributed by atoms with Crippen LogP contribution in [0.1, 0.15) is 11.1 Å². The summed E-state index contributed by atoms with van der Waals surface area (Å²) in [5.74, 6) is 1.00. The molecule has 0 spiro atoms. The van der Waals surface area contributed by atoms with Gasteiger partial charge < -0.3 is 9.64 Å². The summed E-state index contributed by atoms with van der Waals surface area (Å²) in [4.78, 5) is 12.5. The van der Waals surface area contributed by atoms with Gasteiger partial charge in [0.15, 0.2) is 0 Å². The number of fused-ring (bicyclic) bond motifs is 1. The second kappa shape index (κ2) is 4.78. The van der Waals surface area contributed by atoms with E-state index in [-0.39, 0.29) is 5.24 Å². The van der Waals surface area contributed by atoms with Gasteiger partial charge >= 0.3 is 0 Å². The molecule has 86 valence electrons. The third-order valence-electron chi connectivity index (χ3n) is 2.82. The molecule has 0 radical (unpaired) electrons. The Labute approximate surface area is 101 Å². The van der Waals surface area contributed by atoms with Gasteiger partial charge in [-0.2, -0.15) is 0 Å². The van der Waals surface area contributed by atoms with E-state index in [9.17, 15) is 4.79 Å². The highest BCUT2D eigenvalue weighted by Crippen LogP contribution is 2.25. The Morgan fingerprint density at radius 3 is 3.12 bits per heavy atom. The second-order valence-corrected chi connectivity index (χ2v) is 4.38. The summed E-state index contributed by atoms with van der Waals surface area (Å²) >= 11 is 3.77. The zero-order valence-corrected chi connectivity index (χ0v) is 10.2. The van der Waals surface area contributed by atoms with Crippen molar-refractivity contribution in [1.82, 2.24) is 4.90 Å². The molecular formula is C12H15NO2S. The van der Waals surface area contributed by atoms with Gasteiger partial charge in [-0.1, -0.05) is 24.8 Å². The van der Waals surface area contributed by atoms with Crippen molar-refractivity contribution in [3.63, 3.8) is 0 Å². The Balaban J connectivity index is 1.98. The molecule has 0 aliphatic carbocycles. The number of carbonyl (C=O) groups is 1. The number of hydrogen-bond acceptors (Lipinski definition) is 2. The fourth-order valence-electron chi connectivity index (χ4n) is 1.79. The van der Waals surface area contributed by atoms with Crippen molar-refractivity contribution >= 4 is 17.9 Å². The minimum Gasteiger partial charge on any atom is -0.493 e. The van der Waals surface area contributed by atoms with Gasteiger partial charge in [-0.15, -0.1) is 0 Å². The Bertz CT molecular complexity index is 406. The molecule has 3 nitrogen and oxygen atoms in total. The van der Waals surface area contributed by atoms with E-state index in [0.29, 0.717) is 6.54 Å². The molecule has 0 fully saturated rings. The molecule has 4 heteroatoms. The molecule has 1 aromatic carbocycles. The highest BCUT2D eigenvalue weighted by molar-refractivity contribution is 7.96. The van der Waals surface area contributed by atoms with Crippen LogP contribution >= 0.6 is 12.6 Å². The lowest BCUT2D eigenvalue weighted by atomic mass is 10.1. The van der Waals surface area contributed by atoms with E-state index < -0.39 is 0 Å². The summed E-state index contributed by atoms with van der Waals surface area (Å²) in [5.41, 5.74) is 2.52. The van der Waals surface area contributed by atoms with Crippen molar-refractivity contribution in [2.45, 2.75) is 12.8 Å². The molecule has 2 rings (SSSR count). The van der Waals surface area contributed by atoms with Gasteiger partial charge in [0.1, 0.15) is 5.75 Å². The van der Waals surface area contributed by atoms with Crippen molar-refractivity contribution in [2.24, 2.45) is 0 Å². The zero-order valence-electron chi connectivity index (χ0n) is 9.27. The summed E-state index contributed by atoms with van der Waals surface area (Å²) in [7, 11) is 1.76. The lowest BCUT2D eigenvalue weighted by Crippen LogP contribution is -2.23. The minimum atomic E-state index is -0.190. The zero-order chi connectivity index (χ0) is 11.5.